The summed E-state index contributed by atoms with van der Waals surface area (Å²) in [6, 6.07) is 9.05. The Morgan fingerprint density at radius 3 is 2.83 bits per heavy atom. The van der Waals surface area contributed by atoms with Crippen LogP contribution in [0.4, 0.5) is 0 Å². The van der Waals surface area contributed by atoms with E-state index in [4.69, 9.17) is 10.6 Å². The molecule has 1 aliphatic rings. The fourth-order valence-electron chi connectivity index (χ4n) is 2.72. The molecule has 100 valence electrons. The average molecular weight is 248 g/mol. The first-order valence-electron chi connectivity index (χ1n) is 6.87. The molecule has 0 bridgehead atoms. The number of nitrogens with one attached hydrogen (secondary N) is 1. The lowest BCUT2D eigenvalue weighted by Gasteiger charge is -2.26. The second-order valence-corrected chi connectivity index (χ2v) is 5.35. The summed E-state index contributed by atoms with van der Waals surface area (Å²) in [6.45, 7) is 3.95. The highest BCUT2D eigenvalue weighted by Crippen LogP contribution is 2.21. The predicted molar refractivity (Wildman–Crippen MR) is 74.2 cm³/mol. The van der Waals surface area contributed by atoms with Gasteiger partial charge in [-0.05, 0) is 44.1 Å². The van der Waals surface area contributed by atoms with Crippen molar-refractivity contribution in [3.63, 3.8) is 0 Å². The third-order valence-corrected chi connectivity index (χ3v) is 3.76. The van der Waals surface area contributed by atoms with Gasteiger partial charge >= 0.3 is 0 Å². The van der Waals surface area contributed by atoms with Crippen molar-refractivity contribution in [2.24, 2.45) is 11.8 Å². The summed E-state index contributed by atoms with van der Waals surface area (Å²) in [7, 11) is 0. The van der Waals surface area contributed by atoms with Gasteiger partial charge in [-0.25, -0.2) is 0 Å². The summed E-state index contributed by atoms with van der Waals surface area (Å²) in [5.41, 5.74) is 5.66. The van der Waals surface area contributed by atoms with E-state index < -0.39 is 0 Å². The van der Waals surface area contributed by atoms with Crippen LogP contribution in [-0.4, -0.2) is 19.3 Å². The van der Waals surface area contributed by atoms with Gasteiger partial charge in [-0.3, -0.25) is 11.3 Å². The van der Waals surface area contributed by atoms with Crippen molar-refractivity contribution in [3.05, 3.63) is 35.4 Å². The van der Waals surface area contributed by atoms with E-state index in [2.05, 4.69) is 36.6 Å². The van der Waals surface area contributed by atoms with Crippen molar-refractivity contribution in [2.45, 2.75) is 38.6 Å². The number of rotatable bonds is 5. The standard InChI is InChI=1S/C15H24N2O/c1-12-3-2-4-14(9-12)11-15(17-16)10-13-5-7-18-8-6-13/h2-4,9,13,15,17H,5-8,10-11,16H2,1H3. The summed E-state index contributed by atoms with van der Waals surface area (Å²) < 4.78 is 5.40. The second kappa shape index (κ2) is 6.88. The van der Waals surface area contributed by atoms with Crippen LogP contribution in [0.1, 0.15) is 30.4 Å². The van der Waals surface area contributed by atoms with E-state index in [1.807, 2.05) is 0 Å². The Kier molecular flexibility index (Phi) is 5.17. The smallest absolute Gasteiger partial charge is 0.0468 e. The molecule has 0 radical (unpaired) electrons. The van der Waals surface area contributed by atoms with Gasteiger partial charge < -0.3 is 4.74 Å². The lowest BCUT2D eigenvalue weighted by molar-refractivity contribution is 0.0605. The lowest BCUT2D eigenvalue weighted by Crippen LogP contribution is -2.39. The minimum Gasteiger partial charge on any atom is -0.381 e. The molecule has 0 saturated carbocycles. The molecule has 3 nitrogen and oxygen atoms in total. The molecule has 1 fully saturated rings. The first kappa shape index (κ1) is 13.5. The molecule has 18 heavy (non-hydrogen) atoms. The van der Waals surface area contributed by atoms with Crippen LogP contribution < -0.4 is 11.3 Å². The highest BCUT2D eigenvalue weighted by Gasteiger charge is 2.18. The van der Waals surface area contributed by atoms with E-state index in [0.29, 0.717) is 6.04 Å². The van der Waals surface area contributed by atoms with Crippen LogP contribution in [0.3, 0.4) is 0 Å². The number of hydrogen-bond acceptors (Lipinski definition) is 3. The van der Waals surface area contributed by atoms with Gasteiger partial charge in [-0.15, -0.1) is 0 Å². The summed E-state index contributed by atoms with van der Waals surface area (Å²) in [5, 5.41) is 0. The van der Waals surface area contributed by atoms with Crippen molar-refractivity contribution < 1.29 is 4.74 Å². The third-order valence-electron chi connectivity index (χ3n) is 3.76. The zero-order valence-corrected chi connectivity index (χ0v) is 11.2. The fourth-order valence-corrected chi connectivity index (χ4v) is 2.72. The molecule has 1 atom stereocenters. The van der Waals surface area contributed by atoms with Crippen molar-refractivity contribution in [1.82, 2.24) is 5.43 Å². The van der Waals surface area contributed by atoms with E-state index in [0.717, 1.165) is 32.0 Å². The van der Waals surface area contributed by atoms with Gasteiger partial charge in [0.2, 0.25) is 0 Å². The van der Waals surface area contributed by atoms with Crippen molar-refractivity contribution in [3.8, 4) is 0 Å². The minimum absolute atomic E-state index is 0.370. The van der Waals surface area contributed by atoms with Crippen molar-refractivity contribution >= 4 is 0 Å². The summed E-state index contributed by atoms with van der Waals surface area (Å²) in [6.07, 6.45) is 4.50. The van der Waals surface area contributed by atoms with Crippen molar-refractivity contribution in [2.75, 3.05) is 13.2 Å². The molecule has 0 spiro atoms. The van der Waals surface area contributed by atoms with E-state index in [1.54, 1.807) is 0 Å². The summed E-state index contributed by atoms with van der Waals surface area (Å²) in [4.78, 5) is 0. The Bertz CT molecular complexity index is 361. The zero-order valence-electron chi connectivity index (χ0n) is 11.2. The van der Waals surface area contributed by atoms with E-state index >= 15 is 0 Å². The van der Waals surface area contributed by atoms with Crippen LogP contribution in [0, 0.1) is 12.8 Å². The van der Waals surface area contributed by atoms with Gasteiger partial charge in [0.15, 0.2) is 0 Å². The summed E-state index contributed by atoms with van der Waals surface area (Å²) in [5.74, 6) is 6.45. The number of hydrogen-bond donors (Lipinski definition) is 2. The fraction of sp³-hybridized carbons (Fsp3) is 0.600. The number of benzene rings is 1. The molecule has 3 heteroatoms. The van der Waals surface area contributed by atoms with Crippen LogP contribution in [0.15, 0.2) is 24.3 Å². The van der Waals surface area contributed by atoms with Crippen molar-refractivity contribution in [1.29, 1.82) is 0 Å². The molecule has 1 aromatic rings. The normalized spacial score (nSPS) is 18.8. The average Bonchev–Trinajstić information content (AvgIpc) is 2.39. The van der Waals surface area contributed by atoms with Gasteiger partial charge in [-0.2, -0.15) is 0 Å². The number of nitrogens with two attached hydrogens (primary N) is 1. The Morgan fingerprint density at radius 2 is 2.17 bits per heavy atom. The summed E-state index contributed by atoms with van der Waals surface area (Å²) >= 11 is 0. The first-order valence-corrected chi connectivity index (χ1v) is 6.87. The van der Waals surface area contributed by atoms with Crippen LogP contribution >= 0.6 is 0 Å². The Labute approximate surface area is 110 Å². The largest absolute Gasteiger partial charge is 0.381 e. The van der Waals surface area contributed by atoms with Gasteiger partial charge in [-0.1, -0.05) is 29.8 Å². The number of hydrazine groups is 1. The molecule has 1 aliphatic heterocycles. The molecule has 1 heterocycles. The molecule has 0 amide bonds. The monoisotopic (exact) mass is 248 g/mol. The van der Waals surface area contributed by atoms with E-state index in [-0.39, 0.29) is 0 Å². The van der Waals surface area contributed by atoms with Crippen LogP contribution in [-0.2, 0) is 11.2 Å². The van der Waals surface area contributed by atoms with E-state index in [9.17, 15) is 0 Å². The molecule has 0 aliphatic carbocycles. The molecule has 1 aromatic carbocycles. The second-order valence-electron chi connectivity index (χ2n) is 5.35. The minimum atomic E-state index is 0.370. The number of aryl methyl sites for hydroxylation is 1. The van der Waals surface area contributed by atoms with Gasteiger partial charge in [0.25, 0.3) is 0 Å². The first-order chi connectivity index (χ1) is 8.78. The third kappa shape index (κ3) is 4.09. The SMILES string of the molecule is Cc1cccc(CC(CC2CCOCC2)NN)c1. The number of ether oxygens (including phenoxy) is 1. The van der Waals surface area contributed by atoms with Gasteiger partial charge in [0.1, 0.15) is 0 Å². The highest BCUT2D eigenvalue weighted by molar-refractivity contribution is 5.22. The molecule has 0 aromatic heterocycles. The van der Waals surface area contributed by atoms with Crippen LogP contribution in [0.5, 0.6) is 0 Å². The molecule has 2 rings (SSSR count). The maximum atomic E-state index is 5.69. The van der Waals surface area contributed by atoms with Gasteiger partial charge in [0.05, 0.1) is 0 Å². The van der Waals surface area contributed by atoms with E-state index in [1.165, 1.54) is 24.0 Å². The molecule has 1 unspecified atom stereocenters. The Balaban J connectivity index is 1.88. The molecule has 3 N–H and O–H groups in total. The highest BCUT2D eigenvalue weighted by atomic mass is 16.5. The predicted octanol–water partition coefficient (Wildman–Crippen LogP) is 2.19. The molecule has 1 saturated heterocycles. The van der Waals surface area contributed by atoms with Gasteiger partial charge in [0, 0.05) is 19.3 Å². The van der Waals surface area contributed by atoms with Crippen LogP contribution in [0.2, 0.25) is 0 Å². The maximum absolute atomic E-state index is 5.69. The maximum Gasteiger partial charge on any atom is 0.0468 e. The quantitative estimate of drug-likeness (QED) is 0.620. The Hall–Kier alpha value is -0.900. The molecular formula is C15H24N2O. The molecular weight excluding hydrogens is 224 g/mol. The zero-order chi connectivity index (χ0) is 12.8. The Morgan fingerprint density at radius 1 is 1.39 bits per heavy atom. The topological polar surface area (TPSA) is 47.3 Å². The van der Waals surface area contributed by atoms with Crippen LogP contribution in [0.25, 0.3) is 0 Å². The lowest BCUT2D eigenvalue weighted by atomic mass is 9.90.